The Morgan fingerprint density at radius 2 is 1.30 bits per heavy atom. The van der Waals surface area contributed by atoms with Gasteiger partial charge in [-0.05, 0) is 84.8 Å². The van der Waals surface area contributed by atoms with E-state index in [-0.39, 0.29) is 6.61 Å². The first-order valence-corrected chi connectivity index (χ1v) is 28.5. The summed E-state index contributed by atoms with van der Waals surface area (Å²) < 4.78 is 15.7. The minimum Gasteiger partial charge on any atom is -0.469 e. The average Bonchev–Trinajstić information content (AvgIpc) is 3.87. The fraction of sp³-hybridized carbons (Fsp3) is 0.786. The number of rotatable bonds is 18. The highest BCUT2D eigenvalue weighted by Gasteiger charge is 2.16. The molecular weight excluding hydrogens is 765 g/mol. The van der Waals surface area contributed by atoms with Gasteiger partial charge in [-0.15, -0.1) is 11.5 Å². The molecular formula is C56H108O4Si. The second-order valence-corrected chi connectivity index (χ2v) is 25.5. The topological polar surface area (TPSA) is 51.8 Å². The van der Waals surface area contributed by atoms with Gasteiger partial charge < -0.3 is 19.0 Å². The first-order valence-electron chi connectivity index (χ1n) is 25.0. The third-order valence-corrected chi connectivity index (χ3v) is 9.65. The van der Waals surface area contributed by atoms with E-state index in [1.165, 1.54) is 76.2 Å². The number of aliphatic hydroxyl groups is 1. The van der Waals surface area contributed by atoms with Crippen molar-refractivity contribution in [1.29, 1.82) is 0 Å². The van der Waals surface area contributed by atoms with Gasteiger partial charge in [0.15, 0.2) is 0 Å². The van der Waals surface area contributed by atoms with Gasteiger partial charge in [0, 0.05) is 26.1 Å². The molecule has 4 nitrogen and oxygen atoms in total. The number of hydrogen-bond acceptors (Lipinski definition) is 4. The molecule has 1 aromatic carbocycles. The van der Waals surface area contributed by atoms with Gasteiger partial charge in [-0.1, -0.05) is 206 Å². The largest absolute Gasteiger partial charge is 0.469 e. The van der Waals surface area contributed by atoms with Crippen LogP contribution in [0, 0.1) is 46.5 Å². The van der Waals surface area contributed by atoms with Crippen LogP contribution < -0.4 is 0 Å². The maximum absolute atomic E-state index is 8.31. The Bertz CT molecular complexity index is 1160. The molecule has 2 heterocycles. The number of hydrogen-bond donors (Lipinski definition) is 1. The zero-order chi connectivity index (χ0) is 47.5. The third-order valence-electron chi connectivity index (χ3n) is 8.73. The molecule has 0 radical (unpaired) electrons. The summed E-state index contributed by atoms with van der Waals surface area (Å²) in [6, 6.07) is 14.6. The molecule has 1 aromatic heterocycles. The Hall–Kier alpha value is -1.84. The number of unbranched alkanes of at least 4 members (excludes halogenated alkanes) is 5. The van der Waals surface area contributed by atoms with E-state index in [1.54, 1.807) is 6.26 Å². The van der Waals surface area contributed by atoms with Crippen molar-refractivity contribution in [3.05, 3.63) is 60.1 Å². The lowest BCUT2D eigenvalue weighted by atomic mass is 9.93. The third kappa shape index (κ3) is 62.5. The van der Waals surface area contributed by atoms with Gasteiger partial charge in [0.2, 0.25) is 0 Å². The summed E-state index contributed by atoms with van der Waals surface area (Å²) in [5.74, 6) is 8.22. The molecule has 1 aliphatic rings. The number of benzene rings is 1. The van der Waals surface area contributed by atoms with Crippen molar-refractivity contribution in [3.8, 4) is 11.5 Å². The van der Waals surface area contributed by atoms with Crippen molar-refractivity contribution in [2.45, 2.75) is 226 Å². The summed E-state index contributed by atoms with van der Waals surface area (Å²) in [6.07, 6.45) is 20.5. The van der Waals surface area contributed by atoms with Crippen molar-refractivity contribution in [2.75, 3.05) is 26.4 Å². The summed E-state index contributed by atoms with van der Waals surface area (Å²) >= 11 is 0. The first-order chi connectivity index (χ1) is 28.6. The zero-order valence-electron chi connectivity index (χ0n) is 44.5. The van der Waals surface area contributed by atoms with Gasteiger partial charge in [-0.3, -0.25) is 0 Å². The highest BCUT2D eigenvalue weighted by Crippen LogP contribution is 2.19. The molecule has 1 fully saturated rings. The molecule has 0 saturated carbocycles. The van der Waals surface area contributed by atoms with E-state index < -0.39 is 8.07 Å². The van der Waals surface area contributed by atoms with Crippen LogP contribution in [0.2, 0.25) is 19.6 Å². The maximum Gasteiger partial charge on any atom is 0.129 e. The van der Waals surface area contributed by atoms with Crippen molar-refractivity contribution < 1.29 is 19.0 Å². The molecule has 5 heteroatoms. The van der Waals surface area contributed by atoms with Crippen LogP contribution in [0.3, 0.4) is 0 Å². The van der Waals surface area contributed by atoms with Crippen LogP contribution in [-0.4, -0.2) is 45.7 Å². The molecule has 360 valence electrons. The molecule has 0 aliphatic carbocycles. The highest BCUT2D eigenvalue weighted by atomic mass is 28.3. The average molecular weight is 874 g/mol. The van der Waals surface area contributed by atoms with Gasteiger partial charge in [0.25, 0.3) is 0 Å². The molecule has 1 N–H and O–H groups in total. The molecule has 0 spiro atoms. The predicted octanol–water partition coefficient (Wildman–Crippen LogP) is 17.3. The lowest BCUT2D eigenvalue weighted by Crippen LogP contribution is -2.16. The maximum atomic E-state index is 8.31. The van der Waals surface area contributed by atoms with E-state index in [0.717, 1.165) is 56.0 Å². The Morgan fingerprint density at radius 1 is 0.721 bits per heavy atom. The molecule has 0 bridgehead atoms. The summed E-state index contributed by atoms with van der Waals surface area (Å²) in [5, 5.41) is 8.31. The Morgan fingerprint density at radius 3 is 1.72 bits per heavy atom. The van der Waals surface area contributed by atoms with Crippen LogP contribution in [-0.2, 0) is 22.3 Å². The van der Waals surface area contributed by atoms with Crippen molar-refractivity contribution in [3.63, 3.8) is 0 Å². The van der Waals surface area contributed by atoms with Crippen LogP contribution in [0.15, 0.2) is 53.1 Å². The quantitative estimate of drug-likeness (QED) is 0.0921. The Balaban J connectivity index is -0.000000317. The van der Waals surface area contributed by atoms with Gasteiger partial charge in [0.05, 0.1) is 25.6 Å². The number of aliphatic hydroxyl groups excluding tert-OH is 1. The second kappa shape index (κ2) is 44.8. The van der Waals surface area contributed by atoms with Crippen LogP contribution >= 0.6 is 0 Å². The summed E-state index contributed by atoms with van der Waals surface area (Å²) in [7, 11) is -1.12. The van der Waals surface area contributed by atoms with E-state index in [9.17, 15) is 0 Å². The molecule has 61 heavy (non-hydrogen) atoms. The van der Waals surface area contributed by atoms with Gasteiger partial charge >= 0.3 is 0 Å². The number of furan rings is 1. The first kappa shape index (κ1) is 65.8. The predicted molar refractivity (Wildman–Crippen MR) is 277 cm³/mol. The Labute approximate surface area is 385 Å². The Kier molecular flexibility index (Phi) is 48.2. The molecule has 0 amide bonds. The van der Waals surface area contributed by atoms with E-state index in [1.807, 2.05) is 26.0 Å². The summed E-state index contributed by atoms with van der Waals surface area (Å²) in [6.45, 7) is 44.5. The van der Waals surface area contributed by atoms with Crippen molar-refractivity contribution in [1.82, 2.24) is 0 Å². The lowest BCUT2D eigenvalue weighted by Gasteiger charge is -2.13. The molecule has 2 aromatic rings. The summed E-state index contributed by atoms with van der Waals surface area (Å²) in [5.41, 5.74) is 5.18. The van der Waals surface area contributed by atoms with Crippen LogP contribution in [0.25, 0.3) is 0 Å². The van der Waals surface area contributed by atoms with E-state index in [0.29, 0.717) is 30.0 Å². The molecule has 1 saturated heterocycles. The molecule has 1 atom stereocenters. The molecule has 1 aliphatic heterocycles. The van der Waals surface area contributed by atoms with Crippen LogP contribution in [0.1, 0.15) is 199 Å². The van der Waals surface area contributed by atoms with E-state index in [4.69, 9.17) is 19.0 Å². The van der Waals surface area contributed by atoms with E-state index in [2.05, 4.69) is 158 Å². The molecule has 1 unspecified atom stereocenters. The smallest absolute Gasteiger partial charge is 0.129 e. The zero-order valence-corrected chi connectivity index (χ0v) is 45.5. The lowest BCUT2D eigenvalue weighted by molar-refractivity contribution is 0.0853. The van der Waals surface area contributed by atoms with Crippen LogP contribution in [0.5, 0.6) is 0 Å². The second-order valence-electron chi connectivity index (χ2n) is 20.8. The fourth-order valence-electron chi connectivity index (χ4n) is 5.67. The standard InChI is InChI=1S/C11H24.C10H20Si.C10H14.C8H16O.C8H12O.C7H16O2.C2H6/c1-4-5-6-7-8-9-10-11(2)3;1-10(2,3)8-7-9-11(4,5)6;1-9(2)8-10-6-4-3-5-7-10;2*1-7(2)6-8-4-3-5-9-8;1-7(2)3-5-9-6-4-8;1-2/h11H,4-10H2,1-3H3;8H2,1-6H3;3-7,9H,8H2,1-2H3;7-8H,3-6H2,1-2H3;3-5,7H,6H2,1-2H3;7-8H,3-6H2,1-2H3;1-2H3. The summed E-state index contributed by atoms with van der Waals surface area (Å²) in [4.78, 5) is 0. The van der Waals surface area contributed by atoms with Crippen LogP contribution in [0.4, 0.5) is 0 Å². The monoisotopic (exact) mass is 873 g/mol. The normalized spacial score (nSPS) is 13.2. The van der Waals surface area contributed by atoms with Gasteiger partial charge in [0.1, 0.15) is 13.8 Å². The number of ether oxygens (including phenoxy) is 2. The molecule has 3 rings (SSSR count). The van der Waals surface area contributed by atoms with E-state index >= 15 is 0 Å². The van der Waals surface area contributed by atoms with Crippen molar-refractivity contribution >= 4 is 8.07 Å². The highest BCUT2D eigenvalue weighted by molar-refractivity contribution is 6.83. The SMILES string of the molecule is CC.CC(C)(C)CC#C[Si](C)(C)C.CC(C)CC1CCCO1.CC(C)CCOCCO.CC(C)Cc1ccccc1.CC(C)Cc1ccco1.CCCCCCCCC(C)C. The van der Waals surface area contributed by atoms with Gasteiger partial charge in [-0.2, -0.15) is 0 Å². The van der Waals surface area contributed by atoms with Gasteiger partial charge in [-0.25, -0.2) is 0 Å². The minimum atomic E-state index is -1.12. The fourth-order valence-corrected chi connectivity index (χ4v) is 6.28. The van der Waals surface area contributed by atoms with Crippen molar-refractivity contribution in [2.24, 2.45) is 35.0 Å². The minimum absolute atomic E-state index is 0.137.